The molecule has 0 aliphatic carbocycles. The predicted molar refractivity (Wildman–Crippen MR) is 113 cm³/mol. The average molecular weight is 494 g/mol. The van der Waals surface area contributed by atoms with Crippen molar-refractivity contribution in [3.05, 3.63) is 52.0 Å². The normalized spacial score (nSPS) is 13.6. The van der Waals surface area contributed by atoms with Gasteiger partial charge in [-0.3, -0.25) is 0 Å². The molecule has 1 heterocycles. The lowest BCUT2D eigenvalue weighted by Crippen LogP contribution is -2.22. The molecule has 0 atom stereocenters. The second kappa shape index (κ2) is 9.35. The SMILES string of the molecule is I.NC(=NCc1ccc(Cl)cc1Cl)Nc1ccc2c(c1)OCCCO2. The third kappa shape index (κ3) is 5.55. The summed E-state index contributed by atoms with van der Waals surface area (Å²) in [6, 6.07) is 10.8. The first-order chi connectivity index (χ1) is 11.6. The molecule has 0 fully saturated rings. The van der Waals surface area contributed by atoms with Crippen LogP contribution in [0.3, 0.4) is 0 Å². The lowest BCUT2D eigenvalue weighted by molar-refractivity contribution is 0.297. The van der Waals surface area contributed by atoms with Crippen molar-refractivity contribution in [1.29, 1.82) is 0 Å². The summed E-state index contributed by atoms with van der Waals surface area (Å²) in [6.45, 7) is 1.65. The minimum absolute atomic E-state index is 0. The number of hydrogen-bond acceptors (Lipinski definition) is 3. The van der Waals surface area contributed by atoms with Crippen LogP contribution in [0.2, 0.25) is 10.0 Å². The molecule has 0 bridgehead atoms. The van der Waals surface area contributed by atoms with Gasteiger partial charge in [0.25, 0.3) is 0 Å². The lowest BCUT2D eigenvalue weighted by Gasteiger charge is -2.11. The predicted octanol–water partition coefficient (Wildman–Crippen LogP) is 4.70. The van der Waals surface area contributed by atoms with Crippen molar-refractivity contribution in [2.45, 2.75) is 13.0 Å². The second-order valence-electron chi connectivity index (χ2n) is 5.27. The van der Waals surface area contributed by atoms with Crippen molar-refractivity contribution in [1.82, 2.24) is 0 Å². The van der Waals surface area contributed by atoms with Crippen LogP contribution >= 0.6 is 47.2 Å². The molecule has 5 nitrogen and oxygen atoms in total. The van der Waals surface area contributed by atoms with E-state index in [9.17, 15) is 0 Å². The van der Waals surface area contributed by atoms with E-state index in [-0.39, 0.29) is 29.9 Å². The summed E-state index contributed by atoms with van der Waals surface area (Å²) in [4.78, 5) is 4.29. The number of nitrogens with two attached hydrogens (primary N) is 1. The number of aliphatic imine (C=N–C) groups is 1. The standard InChI is InChI=1S/C17H17Cl2N3O2.HI/c18-12-3-2-11(14(19)8-12)10-21-17(20)22-13-4-5-15-16(9-13)24-7-1-6-23-15;/h2-5,8-9H,1,6-7,10H2,(H3,20,21,22);1H. The van der Waals surface area contributed by atoms with Crippen LogP contribution in [0, 0.1) is 0 Å². The molecule has 0 saturated carbocycles. The highest BCUT2D eigenvalue weighted by Crippen LogP contribution is 2.32. The first kappa shape index (κ1) is 19.9. The number of nitrogens with zero attached hydrogens (tertiary/aromatic N) is 1. The van der Waals surface area contributed by atoms with Crippen LogP contribution in [-0.4, -0.2) is 19.2 Å². The van der Waals surface area contributed by atoms with Crippen LogP contribution in [0.15, 0.2) is 41.4 Å². The van der Waals surface area contributed by atoms with Crippen LogP contribution in [0.5, 0.6) is 11.5 Å². The summed E-state index contributed by atoms with van der Waals surface area (Å²) in [5.41, 5.74) is 7.57. The van der Waals surface area contributed by atoms with Crippen LogP contribution in [0.25, 0.3) is 0 Å². The van der Waals surface area contributed by atoms with Crippen LogP contribution in [0.4, 0.5) is 5.69 Å². The van der Waals surface area contributed by atoms with Crippen molar-refractivity contribution < 1.29 is 9.47 Å². The fourth-order valence-electron chi connectivity index (χ4n) is 2.25. The minimum atomic E-state index is 0. The Morgan fingerprint density at radius 1 is 1.08 bits per heavy atom. The number of guanidine groups is 1. The highest BCUT2D eigenvalue weighted by molar-refractivity contribution is 14.0. The summed E-state index contributed by atoms with van der Waals surface area (Å²) in [7, 11) is 0. The Labute approximate surface area is 173 Å². The number of anilines is 1. The van der Waals surface area contributed by atoms with E-state index in [0.29, 0.717) is 35.6 Å². The largest absolute Gasteiger partial charge is 0.490 e. The third-order valence-electron chi connectivity index (χ3n) is 3.45. The van der Waals surface area contributed by atoms with E-state index in [4.69, 9.17) is 38.4 Å². The maximum atomic E-state index is 6.12. The molecule has 0 amide bonds. The Morgan fingerprint density at radius 2 is 1.84 bits per heavy atom. The molecule has 3 N–H and O–H groups in total. The Bertz CT molecular complexity index is 772. The molecule has 8 heteroatoms. The van der Waals surface area contributed by atoms with E-state index in [2.05, 4.69) is 10.3 Å². The van der Waals surface area contributed by atoms with Gasteiger partial charge in [-0.25, -0.2) is 4.99 Å². The highest BCUT2D eigenvalue weighted by atomic mass is 127. The van der Waals surface area contributed by atoms with Gasteiger partial charge in [0.05, 0.1) is 19.8 Å². The van der Waals surface area contributed by atoms with Crippen LogP contribution < -0.4 is 20.5 Å². The number of nitrogens with one attached hydrogen (secondary N) is 1. The summed E-state index contributed by atoms with van der Waals surface area (Å²) in [6.07, 6.45) is 0.864. The molecule has 134 valence electrons. The Balaban J connectivity index is 0.00000225. The maximum absolute atomic E-state index is 6.12. The molecule has 0 spiro atoms. The number of fused-ring (bicyclic) bond motifs is 1. The first-order valence-corrected chi connectivity index (χ1v) is 8.28. The molecule has 2 aromatic rings. The smallest absolute Gasteiger partial charge is 0.193 e. The molecule has 1 aliphatic heterocycles. The van der Waals surface area contributed by atoms with Crippen LogP contribution in [-0.2, 0) is 6.54 Å². The van der Waals surface area contributed by atoms with Gasteiger partial charge in [0.2, 0.25) is 0 Å². The topological polar surface area (TPSA) is 68.9 Å². The van der Waals surface area contributed by atoms with E-state index < -0.39 is 0 Å². The third-order valence-corrected chi connectivity index (χ3v) is 4.04. The second-order valence-corrected chi connectivity index (χ2v) is 6.12. The van der Waals surface area contributed by atoms with Gasteiger partial charge in [0.1, 0.15) is 0 Å². The monoisotopic (exact) mass is 493 g/mol. The molecule has 0 unspecified atom stereocenters. The van der Waals surface area contributed by atoms with Crippen LogP contribution in [0.1, 0.15) is 12.0 Å². The number of rotatable bonds is 3. The van der Waals surface area contributed by atoms with Crippen molar-refractivity contribution in [3.63, 3.8) is 0 Å². The Hall–Kier alpha value is -1.38. The van der Waals surface area contributed by atoms with E-state index >= 15 is 0 Å². The van der Waals surface area contributed by atoms with Crippen molar-refractivity contribution >= 4 is 58.8 Å². The quantitative estimate of drug-likeness (QED) is 0.369. The molecule has 1 aliphatic rings. The number of hydrogen-bond donors (Lipinski definition) is 2. The first-order valence-electron chi connectivity index (χ1n) is 7.52. The molecule has 25 heavy (non-hydrogen) atoms. The number of ether oxygens (including phenoxy) is 2. The van der Waals surface area contributed by atoms with E-state index in [0.717, 1.165) is 23.4 Å². The molecule has 3 rings (SSSR count). The zero-order chi connectivity index (χ0) is 16.9. The lowest BCUT2D eigenvalue weighted by atomic mass is 10.2. The van der Waals surface area contributed by atoms with Gasteiger partial charge in [-0.05, 0) is 29.8 Å². The summed E-state index contributed by atoms with van der Waals surface area (Å²) in [5, 5.41) is 4.19. The zero-order valence-corrected chi connectivity index (χ0v) is 17.1. The summed E-state index contributed by atoms with van der Waals surface area (Å²) >= 11 is 12.0. The molecular weight excluding hydrogens is 476 g/mol. The van der Waals surface area contributed by atoms with E-state index in [1.807, 2.05) is 24.3 Å². The Kier molecular flexibility index (Phi) is 7.46. The summed E-state index contributed by atoms with van der Waals surface area (Å²) in [5.74, 6) is 1.73. The van der Waals surface area contributed by atoms with Crippen molar-refractivity contribution in [3.8, 4) is 11.5 Å². The van der Waals surface area contributed by atoms with Gasteiger partial charge in [0, 0.05) is 28.2 Å². The van der Waals surface area contributed by atoms with Gasteiger partial charge in [-0.1, -0.05) is 29.3 Å². The van der Waals surface area contributed by atoms with Gasteiger partial charge in [-0.15, -0.1) is 24.0 Å². The van der Waals surface area contributed by atoms with Gasteiger partial charge < -0.3 is 20.5 Å². The Morgan fingerprint density at radius 3 is 2.60 bits per heavy atom. The number of benzene rings is 2. The van der Waals surface area contributed by atoms with Gasteiger partial charge in [-0.2, -0.15) is 0 Å². The maximum Gasteiger partial charge on any atom is 0.193 e. The number of halogens is 3. The molecule has 0 saturated heterocycles. The van der Waals surface area contributed by atoms with E-state index in [1.165, 1.54) is 0 Å². The summed E-state index contributed by atoms with van der Waals surface area (Å²) < 4.78 is 11.2. The molecule has 0 radical (unpaired) electrons. The fourth-order valence-corrected chi connectivity index (χ4v) is 2.72. The van der Waals surface area contributed by atoms with E-state index in [1.54, 1.807) is 12.1 Å². The van der Waals surface area contributed by atoms with Gasteiger partial charge >= 0.3 is 0 Å². The minimum Gasteiger partial charge on any atom is -0.490 e. The molecule has 2 aromatic carbocycles. The van der Waals surface area contributed by atoms with Crippen molar-refractivity contribution in [2.24, 2.45) is 10.7 Å². The molecular formula is C17H18Cl2IN3O2. The average Bonchev–Trinajstić information content (AvgIpc) is 2.79. The van der Waals surface area contributed by atoms with Crippen molar-refractivity contribution in [2.75, 3.05) is 18.5 Å². The highest BCUT2D eigenvalue weighted by Gasteiger charge is 2.11. The van der Waals surface area contributed by atoms with Gasteiger partial charge in [0.15, 0.2) is 17.5 Å². The fraction of sp³-hybridized carbons (Fsp3) is 0.235. The zero-order valence-electron chi connectivity index (χ0n) is 13.3. The molecule has 0 aromatic heterocycles.